The van der Waals surface area contributed by atoms with Gasteiger partial charge in [-0.3, -0.25) is 0 Å². The van der Waals surface area contributed by atoms with E-state index in [-0.39, 0.29) is 6.04 Å². The number of ether oxygens (including phenoxy) is 1. The highest BCUT2D eigenvalue weighted by Gasteiger charge is 2.11. The summed E-state index contributed by atoms with van der Waals surface area (Å²) in [6, 6.07) is 6.56. The minimum absolute atomic E-state index is 0.271. The molecule has 0 amide bonds. The summed E-state index contributed by atoms with van der Waals surface area (Å²) in [5.74, 6) is 0.931. The van der Waals surface area contributed by atoms with E-state index in [1.165, 1.54) is 11.1 Å². The van der Waals surface area contributed by atoms with E-state index in [2.05, 4.69) is 36.3 Å². The van der Waals surface area contributed by atoms with Gasteiger partial charge in [-0.2, -0.15) is 0 Å². The van der Waals surface area contributed by atoms with E-state index >= 15 is 0 Å². The normalized spacial score (nSPS) is 12.4. The number of hydrogen-bond donors (Lipinski definition) is 1. The molecule has 19 heavy (non-hydrogen) atoms. The number of rotatable bonds is 5. The summed E-state index contributed by atoms with van der Waals surface area (Å²) in [4.78, 5) is 4.42. The Kier molecular flexibility index (Phi) is 4.56. The Hall–Kier alpha value is -1.39. The maximum Gasteiger partial charge on any atom is 0.140 e. The number of benzene rings is 1. The molecule has 0 bridgehead atoms. The maximum atomic E-state index is 5.92. The Morgan fingerprint density at radius 1 is 1.37 bits per heavy atom. The Labute approximate surface area is 118 Å². The quantitative estimate of drug-likeness (QED) is 0.905. The fourth-order valence-corrected chi connectivity index (χ4v) is 2.58. The largest absolute Gasteiger partial charge is 0.486 e. The third kappa shape index (κ3) is 3.55. The van der Waals surface area contributed by atoms with Gasteiger partial charge in [0.25, 0.3) is 0 Å². The van der Waals surface area contributed by atoms with Crippen molar-refractivity contribution >= 4 is 11.3 Å². The van der Waals surface area contributed by atoms with Crippen LogP contribution in [0.1, 0.15) is 34.8 Å². The molecule has 1 N–H and O–H groups in total. The molecule has 1 aromatic heterocycles. The predicted molar refractivity (Wildman–Crippen MR) is 79.8 cm³/mol. The van der Waals surface area contributed by atoms with E-state index in [1.807, 2.05) is 25.4 Å². The summed E-state index contributed by atoms with van der Waals surface area (Å²) in [6.45, 7) is 6.76. The maximum absolute atomic E-state index is 5.92. The van der Waals surface area contributed by atoms with Gasteiger partial charge in [0.05, 0.1) is 0 Å². The van der Waals surface area contributed by atoms with E-state index < -0.39 is 0 Å². The van der Waals surface area contributed by atoms with Gasteiger partial charge in [0.1, 0.15) is 17.4 Å². The zero-order valence-electron chi connectivity index (χ0n) is 11.9. The van der Waals surface area contributed by atoms with Gasteiger partial charge in [0.2, 0.25) is 0 Å². The van der Waals surface area contributed by atoms with E-state index in [0.29, 0.717) is 6.61 Å². The molecule has 1 aromatic carbocycles. The van der Waals surface area contributed by atoms with Gasteiger partial charge in [-0.15, -0.1) is 11.3 Å². The lowest BCUT2D eigenvalue weighted by Gasteiger charge is -2.16. The minimum atomic E-state index is 0.271. The van der Waals surface area contributed by atoms with Crippen LogP contribution in [-0.2, 0) is 6.61 Å². The van der Waals surface area contributed by atoms with Crippen molar-refractivity contribution in [3.63, 3.8) is 0 Å². The van der Waals surface area contributed by atoms with Crippen LogP contribution in [0.5, 0.6) is 5.75 Å². The van der Waals surface area contributed by atoms with Crippen molar-refractivity contribution < 1.29 is 4.74 Å². The van der Waals surface area contributed by atoms with Crippen LogP contribution in [0.3, 0.4) is 0 Å². The third-order valence-electron chi connectivity index (χ3n) is 3.08. The van der Waals surface area contributed by atoms with Crippen LogP contribution in [0.25, 0.3) is 0 Å². The fraction of sp³-hybridized carbons (Fsp3) is 0.400. The first-order valence-electron chi connectivity index (χ1n) is 6.41. The van der Waals surface area contributed by atoms with Crippen LogP contribution in [0.15, 0.2) is 23.6 Å². The molecule has 2 aromatic rings. The molecule has 0 aliphatic carbocycles. The highest BCUT2D eigenvalue weighted by atomic mass is 32.1. The standard InChI is InChI=1S/C15H20N2OS/c1-10-5-6-14(13(7-10)12(3)16-4)18-8-15-17-11(2)9-19-15/h5-7,9,12,16H,8H2,1-4H3. The zero-order chi connectivity index (χ0) is 13.8. The third-order valence-corrected chi connectivity index (χ3v) is 4.02. The monoisotopic (exact) mass is 276 g/mol. The number of thiazole rings is 1. The Bertz CT molecular complexity index is 551. The van der Waals surface area contributed by atoms with Gasteiger partial charge < -0.3 is 10.1 Å². The molecule has 0 saturated carbocycles. The fourth-order valence-electron chi connectivity index (χ4n) is 1.90. The van der Waals surface area contributed by atoms with Crippen LogP contribution in [0, 0.1) is 13.8 Å². The Balaban J connectivity index is 2.15. The van der Waals surface area contributed by atoms with Crippen LogP contribution in [0.4, 0.5) is 0 Å². The molecule has 2 rings (SSSR count). The average molecular weight is 276 g/mol. The lowest BCUT2D eigenvalue weighted by atomic mass is 10.0. The molecule has 4 heteroatoms. The molecule has 0 spiro atoms. The smallest absolute Gasteiger partial charge is 0.140 e. The van der Waals surface area contributed by atoms with E-state index in [4.69, 9.17) is 4.74 Å². The van der Waals surface area contributed by atoms with Gasteiger partial charge in [0.15, 0.2) is 0 Å². The van der Waals surface area contributed by atoms with Gasteiger partial charge in [0, 0.05) is 22.7 Å². The lowest BCUT2D eigenvalue weighted by Crippen LogP contribution is -2.14. The summed E-state index contributed by atoms with van der Waals surface area (Å²) in [5.41, 5.74) is 3.49. The highest BCUT2D eigenvalue weighted by Crippen LogP contribution is 2.27. The number of nitrogens with zero attached hydrogens (tertiary/aromatic N) is 1. The zero-order valence-corrected chi connectivity index (χ0v) is 12.7. The molecule has 0 saturated heterocycles. The molecule has 3 nitrogen and oxygen atoms in total. The highest BCUT2D eigenvalue weighted by molar-refractivity contribution is 7.09. The molecule has 0 aliphatic rings. The van der Waals surface area contributed by atoms with Crippen LogP contribution >= 0.6 is 11.3 Å². The molecule has 1 atom stereocenters. The molecule has 102 valence electrons. The second-order valence-electron chi connectivity index (χ2n) is 4.72. The Morgan fingerprint density at radius 3 is 2.79 bits per heavy atom. The summed E-state index contributed by atoms with van der Waals surface area (Å²) >= 11 is 1.64. The number of aryl methyl sites for hydroxylation is 2. The number of aromatic nitrogens is 1. The van der Waals surface area contributed by atoms with Gasteiger partial charge in [-0.25, -0.2) is 4.98 Å². The molecule has 1 unspecified atom stereocenters. The molecule has 0 aliphatic heterocycles. The number of hydrogen-bond acceptors (Lipinski definition) is 4. The number of nitrogens with one attached hydrogen (secondary N) is 1. The lowest BCUT2D eigenvalue weighted by molar-refractivity contribution is 0.299. The predicted octanol–water partition coefficient (Wildman–Crippen LogP) is 3.62. The topological polar surface area (TPSA) is 34.1 Å². The van der Waals surface area contributed by atoms with Gasteiger partial charge in [-0.05, 0) is 33.9 Å². The van der Waals surface area contributed by atoms with Gasteiger partial charge >= 0.3 is 0 Å². The van der Waals surface area contributed by atoms with E-state index in [9.17, 15) is 0 Å². The SMILES string of the molecule is CNC(C)c1cc(C)ccc1OCc1nc(C)cs1. The van der Waals surface area contributed by atoms with Crippen molar-refractivity contribution in [3.05, 3.63) is 45.4 Å². The summed E-state index contributed by atoms with van der Waals surface area (Å²) in [5, 5.41) is 6.32. The van der Waals surface area contributed by atoms with Crippen molar-refractivity contribution in [3.8, 4) is 5.75 Å². The first-order valence-corrected chi connectivity index (χ1v) is 7.29. The molecule has 1 heterocycles. The summed E-state index contributed by atoms with van der Waals surface area (Å²) in [7, 11) is 1.96. The summed E-state index contributed by atoms with van der Waals surface area (Å²) in [6.07, 6.45) is 0. The second-order valence-corrected chi connectivity index (χ2v) is 5.67. The van der Waals surface area contributed by atoms with Gasteiger partial charge in [-0.1, -0.05) is 17.7 Å². The first kappa shape index (κ1) is 14.0. The van der Waals surface area contributed by atoms with Crippen molar-refractivity contribution in [2.24, 2.45) is 0 Å². The van der Waals surface area contributed by atoms with Crippen molar-refractivity contribution in [1.29, 1.82) is 0 Å². The van der Waals surface area contributed by atoms with Crippen molar-refractivity contribution in [1.82, 2.24) is 10.3 Å². The first-order chi connectivity index (χ1) is 9.10. The van der Waals surface area contributed by atoms with Crippen molar-refractivity contribution in [2.75, 3.05) is 7.05 Å². The van der Waals surface area contributed by atoms with Crippen molar-refractivity contribution in [2.45, 2.75) is 33.4 Å². The average Bonchev–Trinajstić information content (AvgIpc) is 2.82. The molecular formula is C15H20N2OS. The van der Waals surface area contributed by atoms with Crippen LogP contribution in [0.2, 0.25) is 0 Å². The minimum Gasteiger partial charge on any atom is -0.486 e. The van der Waals surface area contributed by atoms with E-state index in [0.717, 1.165) is 16.5 Å². The van der Waals surface area contributed by atoms with Crippen LogP contribution < -0.4 is 10.1 Å². The molecule has 0 fully saturated rings. The summed E-state index contributed by atoms with van der Waals surface area (Å²) < 4.78 is 5.92. The Morgan fingerprint density at radius 2 is 2.16 bits per heavy atom. The molecule has 0 radical (unpaired) electrons. The second kappa shape index (κ2) is 6.17. The van der Waals surface area contributed by atoms with Crippen LogP contribution in [-0.4, -0.2) is 12.0 Å². The van der Waals surface area contributed by atoms with E-state index in [1.54, 1.807) is 11.3 Å². The molecular weight excluding hydrogens is 256 g/mol.